The van der Waals surface area contributed by atoms with Crippen molar-refractivity contribution in [2.45, 2.75) is 31.8 Å². The third-order valence-electron chi connectivity index (χ3n) is 1.99. The molecule has 0 heterocycles. The number of hydrogen-bond acceptors (Lipinski definition) is 4. The zero-order chi connectivity index (χ0) is 11.8. The van der Waals surface area contributed by atoms with E-state index in [9.17, 15) is 9.59 Å². The fourth-order valence-corrected chi connectivity index (χ4v) is 0.970. The van der Waals surface area contributed by atoms with Crippen LogP contribution in [0.2, 0.25) is 0 Å². The molecule has 6 heteroatoms. The summed E-state index contributed by atoms with van der Waals surface area (Å²) in [5, 5.41) is 2.43. The van der Waals surface area contributed by atoms with Crippen LogP contribution in [0.5, 0.6) is 0 Å². The molecule has 0 aliphatic heterocycles. The van der Waals surface area contributed by atoms with Gasteiger partial charge in [-0.2, -0.15) is 0 Å². The van der Waals surface area contributed by atoms with E-state index in [1.165, 1.54) is 6.92 Å². The van der Waals surface area contributed by atoms with Crippen LogP contribution >= 0.6 is 0 Å². The van der Waals surface area contributed by atoms with Crippen molar-refractivity contribution in [1.29, 1.82) is 0 Å². The Kier molecular flexibility index (Phi) is 6.64. The Balaban J connectivity index is 3.83. The lowest BCUT2D eigenvalue weighted by Crippen LogP contribution is -2.49. The van der Waals surface area contributed by atoms with Gasteiger partial charge in [0, 0.05) is 13.7 Å². The number of hydrogen-bond donors (Lipinski definition) is 3. The first-order chi connectivity index (χ1) is 6.99. The zero-order valence-corrected chi connectivity index (χ0v) is 9.16. The summed E-state index contributed by atoms with van der Waals surface area (Å²) in [6, 6.07) is -1.31. The van der Waals surface area contributed by atoms with Gasteiger partial charge in [-0.25, -0.2) is 0 Å². The lowest BCUT2D eigenvalue weighted by atomic mass is 10.1. The molecule has 0 aromatic heterocycles. The van der Waals surface area contributed by atoms with Gasteiger partial charge < -0.3 is 21.5 Å². The van der Waals surface area contributed by atoms with Gasteiger partial charge in [0.25, 0.3) is 0 Å². The average Bonchev–Trinajstić information content (AvgIpc) is 2.17. The molecule has 0 aliphatic carbocycles. The molecule has 0 saturated carbocycles. The van der Waals surface area contributed by atoms with Crippen molar-refractivity contribution in [2.75, 3.05) is 13.7 Å². The van der Waals surface area contributed by atoms with Gasteiger partial charge in [0.1, 0.15) is 6.04 Å². The maximum Gasteiger partial charge on any atom is 0.239 e. The second kappa shape index (κ2) is 7.19. The molecule has 5 N–H and O–H groups in total. The van der Waals surface area contributed by atoms with Gasteiger partial charge in [-0.15, -0.1) is 0 Å². The molecule has 0 aliphatic rings. The molecule has 2 unspecified atom stereocenters. The molecule has 15 heavy (non-hydrogen) atoms. The Morgan fingerprint density at radius 2 is 2.07 bits per heavy atom. The SMILES string of the molecule is COCCCC(N)C(=O)NC(C)C(N)=O. The first-order valence-corrected chi connectivity index (χ1v) is 4.83. The second-order valence-electron chi connectivity index (χ2n) is 3.37. The average molecular weight is 217 g/mol. The first kappa shape index (κ1) is 13.9. The van der Waals surface area contributed by atoms with E-state index in [-0.39, 0.29) is 5.91 Å². The molecule has 0 rings (SSSR count). The van der Waals surface area contributed by atoms with Gasteiger partial charge in [-0.05, 0) is 19.8 Å². The van der Waals surface area contributed by atoms with Gasteiger partial charge in [0.2, 0.25) is 11.8 Å². The molecule has 2 atom stereocenters. The van der Waals surface area contributed by atoms with Crippen LogP contribution < -0.4 is 16.8 Å². The summed E-state index contributed by atoms with van der Waals surface area (Å²) < 4.78 is 4.83. The fraction of sp³-hybridized carbons (Fsp3) is 0.778. The standard InChI is InChI=1S/C9H19N3O3/c1-6(8(11)13)12-9(14)7(10)4-3-5-15-2/h6-7H,3-5,10H2,1-2H3,(H2,11,13)(H,12,14). The van der Waals surface area contributed by atoms with E-state index < -0.39 is 18.0 Å². The highest BCUT2D eigenvalue weighted by Gasteiger charge is 2.17. The van der Waals surface area contributed by atoms with Gasteiger partial charge >= 0.3 is 0 Å². The third-order valence-corrected chi connectivity index (χ3v) is 1.99. The minimum absolute atomic E-state index is 0.364. The van der Waals surface area contributed by atoms with E-state index in [0.717, 1.165) is 0 Å². The molecular formula is C9H19N3O3. The van der Waals surface area contributed by atoms with E-state index in [2.05, 4.69) is 5.32 Å². The maximum atomic E-state index is 11.4. The van der Waals surface area contributed by atoms with Crippen molar-refractivity contribution >= 4 is 11.8 Å². The van der Waals surface area contributed by atoms with E-state index in [4.69, 9.17) is 16.2 Å². The quantitative estimate of drug-likeness (QED) is 0.462. The van der Waals surface area contributed by atoms with Crippen LogP contribution in [0.15, 0.2) is 0 Å². The van der Waals surface area contributed by atoms with Gasteiger partial charge in [-0.3, -0.25) is 9.59 Å². The van der Waals surface area contributed by atoms with Crippen LogP contribution in [-0.4, -0.2) is 37.6 Å². The summed E-state index contributed by atoms with van der Waals surface area (Å²) in [6.07, 6.45) is 1.22. The lowest BCUT2D eigenvalue weighted by molar-refractivity contribution is -0.127. The maximum absolute atomic E-state index is 11.4. The Morgan fingerprint density at radius 1 is 1.47 bits per heavy atom. The zero-order valence-electron chi connectivity index (χ0n) is 9.16. The van der Waals surface area contributed by atoms with E-state index in [0.29, 0.717) is 19.4 Å². The number of carbonyl (C=O) groups is 2. The fourth-order valence-electron chi connectivity index (χ4n) is 0.970. The molecule has 0 bridgehead atoms. The number of methoxy groups -OCH3 is 1. The minimum atomic E-state index is -0.689. The van der Waals surface area contributed by atoms with Crippen molar-refractivity contribution in [2.24, 2.45) is 11.5 Å². The van der Waals surface area contributed by atoms with Crippen LogP contribution in [0.3, 0.4) is 0 Å². The normalized spacial score (nSPS) is 14.3. The van der Waals surface area contributed by atoms with Crippen LogP contribution in [0.1, 0.15) is 19.8 Å². The Hall–Kier alpha value is -1.14. The van der Waals surface area contributed by atoms with Crippen molar-refractivity contribution in [3.8, 4) is 0 Å². The summed E-state index contributed by atoms with van der Waals surface area (Å²) in [6.45, 7) is 2.08. The number of primary amides is 1. The summed E-state index contributed by atoms with van der Waals surface area (Å²) in [5.41, 5.74) is 10.6. The van der Waals surface area contributed by atoms with Crippen molar-refractivity contribution in [1.82, 2.24) is 5.32 Å². The molecule has 6 nitrogen and oxygen atoms in total. The van der Waals surface area contributed by atoms with Crippen molar-refractivity contribution in [3.05, 3.63) is 0 Å². The molecule has 0 fully saturated rings. The van der Waals surface area contributed by atoms with E-state index >= 15 is 0 Å². The van der Waals surface area contributed by atoms with Crippen LogP contribution in [0, 0.1) is 0 Å². The molecular weight excluding hydrogens is 198 g/mol. The second-order valence-corrected chi connectivity index (χ2v) is 3.37. The highest BCUT2D eigenvalue weighted by atomic mass is 16.5. The summed E-state index contributed by atoms with van der Waals surface area (Å²) in [5.74, 6) is -0.940. The van der Waals surface area contributed by atoms with Crippen LogP contribution in [0.25, 0.3) is 0 Å². The summed E-state index contributed by atoms with van der Waals surface area (Å²) >= 11 is 0. The smallest absolute Gasteiger partial charge is 0.239 e. The van der Waals surface area contributed by atoms with Crippen LogP contribution in [-0.2, 0) is 14.3 Å². The number of nitrogens with one attached hydrogen (secondary N) is 1. The molecule has 2 amide bonds. The molecule has 88 valence electrons. The first-order valence-electron chi connectivity index (χ1n) is 4.83. The highest BCUT2D eigenvalue weighted by molar-refractivity contribution is 5.88. The predicted octanol–water partition coefficient (Wildman–Crippen LogP) is -1.27. The van der Waals surface area contributed by atoms with Gasteiger partial charge in [-0.1, -0.05) is 0 Å². The molecule has 0 aromatic carbocycles. The molecule has 0 saturated heterocycles. The number of amides is 2. The van der Waals surface area contributed by atoms with Crippen molar-refractivity contribution < 1.29 is 14.3 Å². The molecule has 0 aromatic rings. The van der Waals surface area contributed by atoms with E-state index in [1.807, 2.05) is 0 Å². The highest BCUT2D eigenvalue weighted by Crippen LogP contribution is 1.95. The van der Waals surface area contributed by atoms with Gasteiger partial charge in [0.05, 0.1) is 6.04 Å². The topological polar surface area (TPSA) is 107 Å². The largest absolute Gasteiger partial charge is 0.385 e. The molecule has 0 spiro atoms. The van der Waals surface area contributed by atoms with Crippen molar-refractivity contribution in [3.63, 3.8) is 0 Å². The predicted molar refractivity (Wildman–Crippen MR) is 55.9 cm³/mol. The Labute approximate surface area is 89.3 Å². The monoisotopic (exact) mass is 217 g/mol. The van der Waals surface area contributed by atoms with Gasteiger partial charge in [0.15, 0.2) is 0 Å². The summed E-state index contributed by atoms with van der Waals surface area (Å²) in [4.78, 5) is 22.0. The lowest BCUT2D eigenvalue weighted by Gasteiger charge is -2.14. The summed E-state index contributed by atoms with van der Waals surface area (Å²) in [7, 11) is 1.58. The van der Waals surface area contributed by atoms with E-state index in [1.54, 1.807) is 7.11 Å². The third kappa shape index (κ3) is 6.03. The molecule has 0 radical (unpaired) electrons. The number of ether oxygens (including phenoxy) is 1. The Morgan fingerprint density at radius 3 is 2.53 bits per heavy atom. The number of carbonyl (C=O) groups excluding carboxylic acids is 2. The Bertz CT molecular complexity index is 221. The number of rotatable bonds is 7. The minimum Gasteiger partial charge on any atom is -0.385 e. The van der Waals surface area contributed by atoms with Crippen LogP contribution in [0.4, 0.5) is 0 Å². The number of nitrogens with two attached hydrogens (primary N) is 2.